The lowest BCUT2D eigenvalue weighted by Gasteiger charge is -2.43. The third-order valence-corrected chi connectivity index (χ3v) is 5.29. The number of aliphatic hydroxyl groups is 1. The second-order valence-corrected chi connectivity index (χ2v) is 6.97. The Labute approximate surface area is 153 Å². The second kappa shape index (κ2) is 7.60. The molecule has 0 aliphatic carbocycles. The molecule has 1 fully saturated rings. The van der Waals surface area contributed by atoms with Crippen LogP contribution in [0.5, 0.6) is 0 Å². The van der Waals surface area contributed by atoms with Gasteiger partial charge in [0.05, 0.1) is 6.10 Å². The van der Waals surface area contributed by atoms with Crippen molar-refractivity contribution in [2.45, 2.75) is 37.7 Å². The molecule has 138 valence electrons. The number of halogens is 1. The summed E-state index contributed by atoms with van der Waals surface area (Å²) in [6.45, 7) is 3.33. The Balaban J connectivity index is 2.03. The van der Waals surface area contributed by atoms with Crippen LogP contribution in [0.2, 0.25) is 5.02 Å². The number of anilines is 1. The number of amidine groups is 1. The maximum atomic E-state index is 11.8. The average Bonchev–Trinajstić information content (AvgIpc) is 2.92. The molecule has 2 aliphatic rings. The van der Waals surface area contributed by atoms with Gasteiger partial charge >= 0.3 is 0 Å². The van der Waals surface area contributed by atoms with Crippen LogP contribution in [0.1, 0.15) is 25.3 Å². The van der Waals surface area contributed by atoms with Gasteiger partial charge in [0.25, 0.3) is 0 Å². The number of hydrogen-bond donors (Lipinski definition) is 3. The Morgan fingerprint density at radius 1 is 1.44 bits per heavy atom. The van der Waals surface area contributed by atoms with Crippen LogP contribution in [0.15, 0.2) is 23.2 Å². The average molecular weight is 368 g/mol. The Hall–Kier alpha value is -1.18. The molecule has 7 heteroatoms. The number of nitrogens with zero attached hydrogens (tertiary/aromatic N) is 1. The van der Waals surface area contributed by atoms with E-state index in [0.717, 1.165) is 17.7 Å². The van der Waals surface area contributed by atoms with Crippen LogP contribution in [0.3, 0.4) is 0 Å². The molecule has 3 N–H and O–H groups in total. The number of nitrogens with one attached hydrogen (secondary N) is 2. The minimum absolute atomic E-state index is 0.142. The van der Waals surface area contributed by atoms with E-state index >= 15 is 0 Å². The monoisotopic (exact) mass is 367 g/mol. The molecule has 6 nitrogen and oxygen atoms in total. The summed E-state index contributed by atoms with van der Waals surface area (Å²) in [5.74, 6) is 0.313. The van der Waals surface area contributed by atoms with Crippen molar-refractivity contribution in [1.82, 2.24) is 5.32 Å². The molecule has 0 radical (unpaired) electrons. The molecule has 25 heavy (non-hydrogen) atoms. The molecule has 4 atom stereocenters. The van der Waals surface area contributed by atoms with E-state index in [9.17, 15) is 5.11 Å². The molecule has 1 aromatic rings. The van der Waals surface area contributed by atoms with Crippen molar-refractivity contribution in [3.05, 3.63) is 28.8 Å². The molecule has 2 aliphatic heterocycles. The van der Waals surface area contributed by atoms with Crippen molar-refractivity contribution < 1.29 is 14.6 Å². The maximum absolute atomic E-state index is 11.8. The number of methoxy groups -OCH3 is 1. The van der Waals surface area contributed by atoms with Crippen molar-refractivity contribution in [1.29, 1.82) is 0 Å². The molecule has 1 aromatic carbocycles. The van der Waals surface area contributed by atoms with Gasteiger partial charge in [-0.1, -0.05) is 18.5 Å². The lowest BCUT2D eigenvalue weighted by Crippen LogP contribution is -2.57. The Kier molecular flexibility index (Phi) is 5.65. The minimum Gasteiger partial charge on any atom is -0.377 e. The van der Waals surface area contributed by atoms with E-state index in [1.54, 1.807) is 20.2 Å². The van der Waals surface area contributed by atoms with Crippen molar-refractivity contribution in [3.63, 3.8) is 0 Å². The predicted molar refractivity (Wildman–Crippen MR) is 99.3 cm³/mol. The largest absolute Gasteiger partial charge is 0.377 e. The number of rotatable bonds is 5. The topological polar surface area (TPSA) is 75.1 Å². The van der Waals surface area contributed by atoms with Crippen LogP contribution in [-0.4, -0.2) is 50.6 Å². The van der Waals surface area contributed by atoms with Gasteiger partial charge in [-0.25, -0.2) is 0 Å². The van der Waals surface area contributed by atoms with Crippen molar-refractivity contribution in [2.24, 2.45) is 10.9 Å². The van der Waals surface area contributed by atoms with E-state index in [4.69, 9.17) is 21.1 Å². The SMILES string of the molecule is CCCOC1CNC(OC)CC1C1(O)C(=NC)Nc2ccc(Cl)cc21. The number of benzene rings is 1. The lowest BCUT2D eigenvalue weighted by molar-refractivity contribution is -0.112. The molecule has 0 bridgehead atoms. The molecule has 4 unspecified atom stereocenters. The van der Waals surface area contributed by atoms with Crippen LogP contribution >= 0.6 is 11.6 Å². The Morgan fingerprint density at radius 2 is 2.24 bits per heavy atom. The predicted octanol–water partition coefficient (Wildman–Crippen LogP) is 2.36. The molecule has 1 saturated heterocycles. The van der Waals surface area contributed by atoms with E-state index in [2.05, 4.69) is 22.5 Å². The van der Waals surface area contributed by atoms with Gasteiger partial charge in [0.2, 0.25) is 0 Å². The van der Waals surface area contributed by atoms with Crippen LogP contribution in [0.25, 0.3) is 0 Å². The van der Waals surface area contributed by atoms with E-state index in [-0.39, 0.29) is 18.2 Å². The highest BCUT2D eigenvalue weighted by atomic mass is 35.5. The highest BCUT2D eigenvalue weighted by molar-refractivity contribution is 6.31. The summed E-state index contributed by atoms with van der Waals surface area (Å²) in [6.07, 6.45) is 1.23. The molecular weight excluding hydrogens is 342 g/mol. The summed E-state index contributed by atoms with van der Waals surface area (Å²) in [5.41, 5.74) is 0.286. The molecule has 0 spiro atoms. The number of ether oxygens (including phenoxy) is 2. The zero-order valence-corrected chi connectivity index (χ0v) is 15.6. The van der Waals surface area contributed by atoms with Gasteiger partial charge in [-0.15, -0.1) is 0 Å². The smallest absolute Gasteiger partial charge is 0.154 e. The maximum Gasteiger partial charge on any atom is 0.154 e. The van der Waals surface area contributed by atoms with E-state index in [0.29, 0.717) is 30.4 Å². The number of piperidine rings is 1. The first-order valence-corrected chi connectivity index (χ1v) is 9.06. The van der Waals surface area contributed by atoms with E-state index in [1.807, 2.05) is 12.1 Å². The molecule has 0 saturated carbocycles. The summed E-state index contributed by atoms with van der Waals surface area (Å²) in [7, 11) is 3.34. The number of fused-ring (bicyclic) bond motifs is 1. The Bertz CT molecular complexity index is 654. The summed E-state index contributed by atoms with van der Waals surface area (Å²) < 4.78 is 11.6. The highest BCUT2D eigenvalue weighted by Crippen LogP contribution is 2.46. The zero-order chi connectivity index (χ0) is 18.0. The Morgan fingerprint density at radius 3 is 2.92 bits per heavy atom. The van der Waals surface area contributed by atoms with Gasteiger partial charge in [-0.2, -0.15) is 0 Å². The van der Waals surface area contributed by atoms with E-state index in [1.165, 1.54) is 0 Å². The standard InChI is InChI=1S/C18H26ClN3O3/c1-4-7-25-15-10-21-16(24-3)9-13(15)18(23)12-8-11(19)5-6-14(12)22-17(18)20-2/h5-6,8,13,15-16,21,23H,4,7,9-10H2,1-3H3,(H,20,22). The first-order chi connectivity index (χ1) is 12.0. The van der Waals surface area contributed by atoms with Crippen LogP contribution < -0.4 is 10.6 Å². The zero-order valence-electron chi connectivity index (χ0n) is 14.9. The quantitative estimate of drug-likeness (QED) is 0.745. The second-order valence-electron chi connectivity index (χ2n) is 6.54. The third kappa shape index (κ3) is 3.29. The molecule has 0 amide bonds. The first-order valence-electron chi connectivity index (χ1n) is 8.69. The minimum atomic E-state index is -1.29. The summed E-state index contributed by atoms with van der Waals surface area (Å²) in [4.78, 5) is 4.32. The molecule has 0 aromatic heterocycles. The number of aliphatic imine (C=N–C) groups is 1. The summed E-state index contributed by atoms with van der Waals surface area (Å²) >= 11 is 6.21. The summed E-state index contributed by atoms with van der Waals surface area (Å²) in [6, 6.07) is 5.48. The summed E-state index contributed by atoms with van der Waals surface area (Å²) in [5, 5.41) is 19.0. The lowest BCUT2D eigenvalue weighted by atomic mass is 9.74. The van der Waals surface area contributed by atoms with Gasteiger partial charge in [0, 0.05) is 49.5 Å². The van der Waals surface area contributed by atoms with Gasteiger partial charge < -0.3 is 19.9 Å². The fourth-order valence-corrected chi connectivity index (χ4v) is 3.98. The van der Waals surface area contributed by atoms with Crippen molar-refractivity contribution in [3.8, 4) is 0 Å². The van der Waals surface area contributed by atoms with E-state index < -0.39 is 5.60 Å². The fourth-order valence-electron chi connectivity index (χ4n) is 3.81. The van der Waals surface area contributed by atoms with Gasteiger partial charge in [0.1, 0.15) is 12.1 Å². The molecule has 2 heterocycles. The third-order valence-electron chi connectivity index (χ3n) is 5.05. The number of hydrogen-bond acceptors (Lipinski definition) is 5. The molecular formula is C18H26ClN3O3. The van der Waals surface area contributed by atoms with Gasteiger partial charge in [-0.05, 0) is 31.0 Å². The van der Waals surface area contributed by atoms with Gasteiger partial charge in [0.15, 0.2) is 5.60 Å². The normalized spacial score (nSPS) is 33.3. The van der Waals surface area contributed by atoms with Crippen molar-refractivity contribution in [2.75, 3.05) is 32.6 Å². The molecule has 3 rings (SSSR count). The van der Waals surface area contributed by atoms with Crippen LogP contribution in [0, 0.1) is 5.92 Å². The fraction of sp³-hybridized carbons (Fsp3) is 0.611. The highest BCUT2D eigenvalue weighted by Gasteiger charge is 2.54. The van der Waals surface area contributed by atoms with Crippen LogP contribution in [0.4, 0.5) is 5.69 Å². The van der Waals surface area contributed by atoms with Gasteiger partial charge in [-0.3, -0.25) is 10.3 Å². The first kappa shape index (κ1) is 18.6. The van der Waals surface area contributed by atoms with Crippen molar-refractivity contribution >= 4 is 23.1 Å². The van der Waals surface area contributed by atoms with Crippen LogP contribution in [-0.2, 0) is 15.1 Å².